The second-order valence-electron chi connectivity index (χ2n) is 6.89. The average Bonchev–Trinajstić information content (AvgIpc) is 2.77. The van der Waals surface area contributed by atoms with Crippen LogP contribution in [-0.4, -0.2) is 32.8 Å². The molecule has 0 aliphatic heterocycles. The molecule has 162 valence electrons. The molecule has 0 fully saturated rings. The molecule has 0 aromatic heterocycles. The fourth-order valence-corrected chi connectivity index (χ4v) is 4.93. The summed E-state index contributed by atoms with van der Waals surface area (Å²) in [6.45, 7) is 0. The van der Waals surface area contributed by atoms with Crippen LogP contribution < -0.4 is 10.1 Å². The standard InChI is InChI=1S/C23H23BrN2O4S/c1-26(31(28,29)21-9-4-3-5-10-21)22(17-11-13-20(30-2)14-12-17)16-23(27)25-19-8-6-7-18(24)15-19/h3-15,22H,16H2,1-2H3,(H,25,27)/t22-/m0/s1. The van der Waals surface area contributed by atoms with E-state index in [2.05, 4.69) is 21.2 Å². The first-order valence-electron chi connectivity index (χ1n) is 9.53. The lowest BCUT2D eigenvalue weighted by atomic mass is 10.0. The molecule has 8 heteroatoms. The van der Waals surface area contributed by atoms with Crippen molar-refractivity contribution in [3.8, 4) is 5.75 Å². The van der Waals surface area contributed by atoms with Crippen molar-refractivity contribution in [3.63, 3.8) is 0 Å². The molecule has 0 aliphatic rings. The average molecular weight is 503 g/mol. The van der Waals surface area contributed by atoms with Crippen molar-refractivity contribution in [3.05, 3.63) is 88.9 Å². The third-order valence-electron chi connectivity index (χ3n) is 4.85. The molecule has 0 unspecified atom stereocenters. The van der Waals surface area contributed by atoms with Crippen LogP contribution in [0, 0.1) is 0 Å². The zero-order valence-electron chi connectivity index (χ0n) is 17.2. The number of nitrogens with one attached hydrogen (secondary N) is 1. The topological polar surface area (TPSA) is 75.7 Å². The van der Waals surface area contributed by atoms with Gasteiger partial charge in [0.15, 0.2) is 0 Å². The molecule has 1 amide bonds. The van der Waals surface area contributed by atoms with Crippen LogP contribution in [0.2, 0.25) is 0 Å². The van der Waals surface area contributed by atoms with Crippen molar-refractivity contribution in [2.75, 3.05) is 19.5 Å². The summed E-state index contributed by atoms with van der Waals surface area (Å²) in [5.41, 5.74) is 1.31. The van der Waals surface area contributed by atoms with Gasteiger partial charge in [-0.05, 0) is 48.0 Å². The van der Waals surface area contributed by atoms with Crippen LogP contribution in [0.5, 0.6) is 5.75 Å². The third kappa shape index (κ3) is 5.72. The van der Waals surface area contributed by atoms with Crippen molar-refractivity contribution in [2.24, 2.45) is 0 Å². The highest BCUT2D eigenvalue weighted by Crippen LogP contribution is 2.30. The van der Waals surface area contributed by atoms with E-state index in [0.717, 1.165) is 4.47 Å². The van der Waals surface area contributed by atoms with Gasteiger partial charge < -0.3 is 10.1 Å². The summed E-state index contributed by atoms with van der Waals surface area (Å²) < 4.78 is 33.7. The number of benzene rings is 3. The maximum absolute atomic E-state index is 13.2. The van der Waals surface area contributed by atoms with Crippen LogP contribution in [0.25, 0.3) is 0 Å². The van der Waals surface area contributed by atoms with E-state index < -0.39 is 16.1 Å². The Hall–Kier alpha value is -2.68. The van der Waals surface area contributed by atoms with Crippen molar-refractivity contribution in [1.82, 2.24) is 4.31 Å². The minimum atomic E-state index is -3.81. The van der Waals surface area contributed by atoms with Crippen molar-refractivity contribution in [2.45, 2.75) is 17.4 Å². The summed E-state index contributed by atoms with van der Waals surface area (Å²) in [7, 11) is -0.764. The molecule has 6 nitrogen and oxygen atoms in total. The van der Waals surface area contributed by atoms with Gasteiger partial charge in [0.2, 0.25) is 15.9 Å². The molecule has 0 saturated heterocycles. The monoisotopic (exact) mass is 502 g/mol. The van der Waals surface area contributed by atoms with E-state index in [0.29, 0.717) is 17.0 Å². The molecule has 0 saturated carbocycles. The Morgan fingerprint density at radius 2 is 1.71 bits per heavy atom. The van der Waals surface area contributed by atoms with Crippen LogP contribution in [0.3, 0.4) is 0 Å². The van der Waals surface area contributed by atoms with E-state index in [1.54, 1.807) is 73.8 Å². The summed E-state index contributed by atoms with van der Waals surface area (Å²) in [5.74, 6) is 0.351. The van der Waals surface area contributed by atoms with Gasteiger partial charge in [-0.25, -0.2) is 8.42 Å². The number of ether oxygens (including phenoxy) is 1. The number of nitrogens with zero attached hydrogens (tertiary/aromatic N) is 1. The van der Waals surface area contributed by atoms with Gasteiger partial charge in [-0.2, -0.15) is 4.31 Å². The number of hydrogen-bond donors (Lipinski definition) is 1. The van der Waals surface area contributed by atoms with Gasteiger partial charge >= 0.3 is 0 Å². The molecule has 0 radical (unpaired) electrons. The minimum Gasteiger partial charge on any atom is -0.497 e. The van der Waals surface area contributed by atoms with E-state index in [1.807, 2.05) is 12.1 Å². The van der Waals surface area contributed by atoms with E-state index in [1.165, 1.54) is 11.4 Å². The zero-order chi connectivity index (χ0) is 22.4. The molecule has 1 N–H and O–H groups in total. The Balaban J connectivity index is 1.91. The Bertz CT molecular complexity index is 1140. The highest BCUT2D eigenvalue weighted by Gasteiger charge is 2.31. The lowest BCUT2D eigenvalue weighted by Gasteiger charge is -2.28. The second-order valence-corrected chi connectivity index (χ2v) is 9.80. The molecule has 0 aliphatic carbocycles. The van der Waals surface area contributed by atoms with Gasteiger partial charge in [-0.15, -0.1) is 0 Å². The van der Waals surface area contributed by atoms with Crippen LogP contribution >= 0.6 is 15.9 Å². The van der Waals surface area contributed by atoms with Crippen molar-refractivity contribution in [1.29, 1.82) is 0 Å². The molecule has 1 atom stereocenters. The van der Waals surface area contributed by atoms with Crippen LogP contribution in [0.15, 0.2) is 88.2 Å². The molecule has 3 aromatic carbocycles. The molecule has 0 spiro atoms. The molecular weight excluding hydrogens is 480 g/mol. The lowest BCUT2D eigenvalue weighted by molar-refractivity contribution is -0.117. The quantitative estimate of drug-likeness (QED) is 0.477. The zero-order valence-corrected chi connectivity index (χ0v) is 19.6. The first-order chi connectivity index (χ1) is 14.8. The van der Waals surface area contributed by atoms with E-state index in [9.17, 15) is 13.2 Å². The lowest BCUT2D eigenvalue weighted by Crippen LogP contribution is -2.33. The number of carbonyl (C=O) groups excluding carboxylic acids is 1. The molecule has 31 heavy (non-hydrogen) atoms. The number of carbonyl (C=O) groups is 1. The van der Waals surface area contributed by atoms with Gasteiger partial charge in [-0.1, -0.05) is 52.3 Å². The predicted octanol–water partition coefficient (Wildman–Crippen LogP) is 4.85. The van der Waals surface area contributed by atoms with Crippen molar-refractivity contribution < 1.29 is 17.9 Å². The number of methoxy groups -OCH3 is 1. The third-order valence-corrected chi connectivity index (χ3v) is 7.22. The fraction of sp³-hybridized carbons (Fsp3) is 0.174. The summed E-state index contributed by atoms with van der Waals surface area (Å²) in [6, 6.07) is 21.7. The number of amides is 1. The Labute approximate surface area is 191 Å². The van der Waals surface area contributed by atoms with E-state index >= 15 is 0 Å². The second kappa shape index (κ2) is 10.1. The van der Waals surface area contributed by atoms with Gasteiger partial charge in [-0.3, -0.25) is 4.79 Å². The summed E-state index contributed by atoms with van der Waals surface area (Å²) >= 11 is 3.38. The van der Waals surface area contributed by atoms with Crippen LogP contribution in [0.1, 0.15) is 18.0 Å². The van der Waals surface area contributed by atoms with Crippen LogP contribution in [-0.2, 0) is 14.8 Å². The SMILES string of the molecule is COc1ccc([C@H](CC(=O)Nc2cccc(Br)c2)N(C)S(=O)(=O)c2ccccc2)cc1. The number of sulfonamides is 1. The summed E-state index contributed by atoms with van der Waals surface area (Å²) in [6.07, 6.45) is -0.0542. The minimum absolute atomic E-state index is 0.0542. The number of rotatable bonds is 8. The van der Waals surface area contributed by atoms with E-state index in [-0.39, 0.29) is 17.2 Å². The largest absolute Gasteiger partial charge is 0.497 e. The normalized spacial score (nSPS) is 12.4. The van der Waals surface area contributed by atoms with Gasteiger partial charge in [0.05, 0.1) is 18.0 Å². The number of halogens is 1. The number of anilines is 1. The van der Waals surface area contributed by atoms with Gasteiger partial charge in [0.1, 0.15) is 5.75 Å². The van der Waals surface area contributed by atoms with Gasteiger partial charge in [0.25, 0.3) is 0 Å². The maximum Gasteiger partial charge on any atom is 0.243 e. The first kappa shape index (κ1) is 23.0. The summed E-state index contributed by atoms with van der Waals surface area (Å²) in [5, 5.41) is 2.84. The van der Waals surface area contributed by atoms with Gasteiger partial charge in [0, 0.05) is 23.6 Å². The highest BCUT2D eigenvalue weighted by molar-refractivity contribution is 9.10. The molecule has 3 aromatic rings. The molecular formula is C23H23BrN2O4S. The number of hydrogen-bond acceptors (Lipinski definition) is 4. The Kier molecular flexibility index (Phi) is 7.48. The smallest absolute Gasteiger partial charge is 0.243 e. The fourth-order valence-electron chi connectivity index (χ4n) is 3.16. The van der Waals surface area contributed by atoms with E-state index in [4.69, 9.17) is 4.74 Å². The Morgan fingerprint density at radius 3 is 2.32 bits per heavy atom. The predicted molar refractivity (Wildman–Crippen MR) is 125 cm³/mol. The first-order valence-corrected chi connectivity index (χ1v) is 11.8. The maximum atomic E-state index is 13.2. The molecule has 0 bridgehead atoms. The van der Waals surface area contributed by atoms with Crippen molar-refractivity contribution >= 4 is 37.5 Å². The Morgan fingerprint density at radius 1 is 1.03 bits per heavy atom. The summed E-state index contributed by atoms with van der Waals surface area (Å²) in [4.78, 5) is 13.0. The van der Waals surface area contributed by atoms with Crippen LogP contribution in [0.4, 0.5) is 5.69 Å². The molecule has 0 heterocycles. The highest BCUT2D eigenvalue weighted by atomic mass is 79.9. The molecule has 3 rings (SSSR count).